The third kappa shape index (κ3) is 5.21. The molecule has 3 rings (SSSR count). The summed E-state index contributed by atoms with van der Waals surface area (Å²) in [5.74, 6) is 1.37. The number of fused-ring (bicyclic) bond motifs is 2. The van der Waals surface area contributed by atoms with Crippen molar-refractivity contribution in [1.29, 1.82) is 0 Å². The third-order valence-corrected chi connectivity index (χ3v) is 5.15. The molecule has 0 spiro atoms. The molecule has 1 saturated carbocycles. The number of hydrogen-bond acceptors (Lipinski definition) is 3. The summed E-state index contributed by atoms with van der Waals surface area (Å²) in [6, 6.07) is 0.393. The summed E-state index contributed by atoms with van der Waals surface area (Å²) in [7, 11) is 0. The van der Waals surface area contributed by atoms with Crippen molar-refractivity contribution in [1.82, 2.24) is 16.0 Å². The van der Waals surface area contributed by atoms with Crippen LogP contribution in [-0.2, 0) is 9.53 Å². The van der Waals surface area contributed by atoms with E-state index in [1.165, 1.54) is 12.8 Å². The van der Waals surface area contributed by atoms with Crippen molar-refractivity contribution in [3.8, 4) is 0 Å². The van der Waals surface area contributed by atoms with Gasteiger partial charge in [0.05, 0.1) is 18.2 Å². The van der Waals surface area contributed by atoms with Crippen molar-refractivity contribution < 1.29 is 9.53 Å². The van der Waals surface area contributed by atoms with E-state index in [2.05, 4.69) is 27.9 Å². The van der Waals surface area contributed by atoms with Gasteiger partial charge < -0.3 is 20.7 Å². The second-order valence-corrected chi connectivity index (χ2v) is 6.89. The molecule has 2 heterocycles. The van der Waals surface area contributed by atoms with Crippen LogP contribution in [0.2, 0.25) is 0 Å². The van der Waals surface area contributed by atoms with Crippen LogP contribution in [0.4, 0.5) is 0 Å². The van der Waals surface area contributed by atoms with Crippen LogP contribution in [-0.4, -0.2) is 49.8 Å². The average Bonchev–Trinajstić information content (AvgIpc) is 3.07. The zero-order valence-electron chi connectivity index (χ0n) is 14.6. The Kier molecular flexibility index (Phi) is 8.06. The summed E-state index contributed by atoms with van der Waals surface area (Å²) in [6.07, 6.45) is 8.45. The first-order valence-corrected chi connectivity index (χ1v) is 9.24. The van der Waals surface area contributed by atoms with Gasteiger partial charge in [0.25, 0.3) is 0 Å². The molecule has 138 valence electrons. The van der Waals surface area contributed by atoms with E-state index in [-0.39, 0.29) is 35.8 Å². The van der Waals surface area contributed by atoms with Crippen molar-refractivity contribution in [2.75, 3.05) is 19.6 Å². The third-order valence-electron chi connectivity index (χ3n) is 5.15. The molecule has 0 aromatic heterocycles. The Hall–Kier alpha value is -0.570. The van der Waals surface area contributed by atoms with Crippen LogP contribution in [0.15, 0.2) is 4.99 Å². The number of rotatable bonds is 7. The Morgan fingerprint density at radius 3 is 2.62 bits per heavy atom. The second kappa shape index (κ2) is 9.79. The Morgan fingerprint density at radius 1 is 1.21 bits per heavy atom. The summed E-state index contributed by atoms with van der Waals surface area (Å²) in [5.41, 5.74) is 0. The number of amides is 1. The van der Waals surface area contributed by atoms with Gasteiger partial charge in [0.1, 0.15) is 0 Å². The minimum absolute atomic E-state index is 0. The Labute approximate surface area is 162 Å². The van der Waals surface area contributed by atoms with Gasteiger partial charge >= 0.3 is 0 Å². The molecule has 0 aromatic rings. The fourth-order valence-electron chi connectivity index (χ4n) is 3.58. The molecule has 1 aliphatic carbocycles. The molecule has 0 aromatic carbocycles. The number of halogens is 1. The zero-order valence-corrected chi connectivity index (χ0v) is 16.9. The molecule has 2 bridgehead atoms. The van der Waals surface area contributed by atoms with Gasteiger partial charge in [-0.25, -0.2) is 0 Å². The number of nitrogens with zero attached hydrogens (tertiary/aromatic N) is 1. The normalized spacial score (nSPS) is 28.9. The van der Waals surface area contributed by atoms with Gasteiger partial charge in [0.2, 0.25) is 5.91 Å². The Morgan fingerprint density at radius 2 is 2.04 bits per heavy atom. The van der Waals surface area contributed by atoms with Crippen LogP contribution in [0.5, 0.6) is 0 Å². The number of hydrogen-bond donors (Lipinski definition) is 3. The number of guanidine groups is 1. The fraction of sp³-hybridized carbons (Fsp3) is 0.882. The number of nitrogens with one attached hydrogen (secondary N) is 3. The molecule has 3 N–H and O–H groups in total. The Balaban J connectivity index is 0.00000208. The highest BCUT2D eigenvalue weighted by Crippen LogP contribution is 2.34. The second-order valence-electron chi connectivity index (χ2n) is 6.89. The van der Waals surface area contributed by atoms with E-state index in [0.29, 0.717) is 18.2 Å². The maximum atomic E-state index is 11.7. The van der Waals surface area contributed by atoms with Crippen LogP contribution in [0.1, 0.15) is 51.9 Å². The standard InChI is InChI=1S/C17H30N4O2.HI/c1-2-18-17(21-14-11-13-7-8-15(14)23-13)20-10-4-9-19-16(22)12-5-3-6-12;/h12-15H,2-11H2,1H3,(H,19,22)(H2,18,20,21);1H. The molecule has 3 unspecified atom stereocenters. The van der Waals surface area contributed by atoms with E-state index >= 15 is 0 Å². The van der Waals surface area contributed by atoms with Crippen LogP contribution >= 0.6 is 24.0 Å². The van der Waals surface area contributed by atoms with Crippen molar-refractivity contribution >= 4 is 35.8 Å². The van der Waals surface area contributed by atoms with E-state index in [9.17, 15) is 4.79 Å². The number of aliphatic imine (C=N–C) groups is 1. The largest absolute Gasteiger partial charge is 0.373 e. The molecule has 24 heavy (non-hydrogen) atoms. The lowest BCUT2D eigenvalue weighted by Crippen LogP contribution is -2.47. The average molecular weight is 450 g/mol. The van der Waals surface area contributed by atoms with E-state index in [4.69, 9.17) is 4.74 Å². The summed E-state index contributed by atoms with van der Waals surface area (Å²) >= 11 is 0. The topological polar surface area (TPSA) is 74.8 Å². The highest BCUT2D eigenvalue weighted by atomic mass is 127. The molecular formula is C17H31IN4O2. The SMILES string of the molecule is CCNC(=NCCCNC(=O)C1CCC1)NC1CC2CCC1O2.I. The molecule has 2 saturated heterocycles. The molecule has 1 amide bonds. The lowest BCUT2D eigenvalue weighted by molar-refractivity contribution is -0.127. The molecule has 6 nitrogen and oxygen atoms in total. The minimum Gasteiger partial charge on any atom is -0.373 e. The molecule has 3 fully saturated rings. The van der Waals surface area contributed by atoms with E-state index in [1.807, 2.05) is 0 Å². The fourth-order valence-corrected chi connectivity index (χ4v) is 3.58. The molecule has 0 radical (unpaired) electrons. The van der Waals surface area contributed by atoms with Gasteiger partial charge in [-0.3, -0.25) is 9.79 Å². The highest BCUT2D eigenvalue weighted by Gasteiger charge is 2.41. The van der Waals surface area contributed by atoms with Gasteiger partial charge in [-0.2, -0.15) is 0 Å². The van der Waals surface area contributed by atoms with E-state index in [0.717, 1.165) is 57.7 Å². The molecule has 2 aliphatic heterocycles. The van der Waals surface area contributed by atoms with Crippen molar-refractivity contribution in [3.63, 3.8) is 0 Å². The summed E-state index contributed by atoms with van der Waals surface area (Å²) < 4.78 is 5.88. The van der Waals surface area contributed by atoms with Crippen LogP contribution in [0.25, 0.3) is 0 Å². The maximum absolute atomic E-state index is 11.7. The highest BCUT2D eigenvalue weighted by molar-refractivity contribution is 14.0. The van der Waals surface area contributed by atoms with E-state index < -0.39 is 0 Å². The lowest BCUT2D eigenvalue weighted by Gasteiger charge is -2.24. The van der Waals surface area contributed by atoms with Crippen molar-refractivity contribution in [2.45, 2.75) is 70.1 Å². The van der Waals surface area contributed by atoms with Gasteiger partial charge in [0, 0.05) is 25.6 Å². The van der Waals surface area contributed by atoms with E-state index in [1.54, 1.807) is 0 Å². The quantitative estimate of drug-likeness (QED) is 0.239. The summed E-state index contributed by atoms with van der Waals surface area (Å²) in [5, 5.41) is 9.83. The molecular weight excluding hydrogens is 419 g/mol. The first kappa shape index (κ1) is 19.8. The number of carbonyl (C=O) groups excluding carboxylic acids is 1. The minimum atomic E-state index is 0. The zero-order chi connectivity index (χ0) is 16.1. The van der Waals surface area contributed by atoms with Crippen LogP contribution in [0.3, 0.4) is 0 Å². The lowest BCUT2D eigenvalue weighted by atomic mass is 9.85. The van der Waals surface area contributed by atoms with Crippen molar-refractivity contribution in [2.24, 2.45) is 10.9 Å². The van der Waals surface area contributed by atoms with Crippen molar-refractivity contribution in [3.05, 3.63) is 0 Å². The predicted octanol–water partition coefficient (Wildman–Crippen LogP) is 1.79. The monoisotopic (exact) mass is 450 g/mol. The number of carbonyl (C=O) groups is 1. The number of ether oxygens (including phenoxy) is 1. The first-order valence-electron chi connectivity index (χ1n) is 9.24. The summed E-state index contributed by atoms with van der Waals surface area (Å²) in [6.45, 7) is 4.37. The van der Waals surface area contributed by atoms with Gasteiger partial charge in [-0.15, -0.1) is 24.0 Å². The van der Waals surface area contributed by atoms with Gasteiger partial charge in [-0.05, 0) is 45.4 Å². The van der Waals surface area contributed by atoms with Crippen LogP contribution < -0.4 is 16.0 Å². The van der Waals surface area contributed by atoms with Gasteiger partial charge in [-0.1, -0.05) is 6.42 Å². The predicted molar refractivity (Wildman–Crippen MR) is 106 cm³/mol. The molecule has 3 atom stereocenters. The Bertz CT molecular complexity index is 442. The smallest absolute Gasteiger partial charge is 0.223 e. The first-order chi connectivity index (χ1) is 11.3. The molecule has 7 heteroatoms. The maximum Gasteiger partial charge on any atom is 0.223 e. The van der Waals surface area contributed by atoms with Gasteiger partial charge in [0.15, 0.2) is 5.96 Å². The van der Waals surface area contributed by atoms with Crippen LogP contribution in [0, 0.1) is 5.92 Å². The summed E-state index contributed by atoms with van der Waals surface area (Å²) in [4.78, 5) is 16.4. The molecule has 3 aliphatic rings.